The highest BCUT2D eigenvalue weighted by molar-refractivity contribution is 5.80. The highest BCUT2D eigenvalue weighted by atomic mass is 14.9. The number of nitrogens with zero attached hydrogens (tertiary/aromatic N) is 2. The van der Waals surface area contributed by atoms with Crippen LogP contribution in [0.5, 0.6) is 0 Å². The molecule has 0 spiro atoms. The third-order valence-electron chi connectivity index (χ3n) is 3.45. The summed E-state index contributed by atoms with van der Waals surface area (Å²) in [5.74, 6) is 0. The van der Waals surface area contributed by atoms with Gasteiger partial charge in [-0.05, 0) is 45.2 Å². The first kappa shape index (κ1) is 14.5. The highest BCUT2D eigenvalue weighted by Crippen LogP contribution is 2.25. The average molecular weight is 269 g/mol. The van der Waals surface area contributed by atoms with Crippen LogP contribution in [0.3, 0.4) is 0 Å². The molecule has 1 saturated heterocycles. The van der Waals surface area contributed by atoms with Crippen LogP contribution in [0, 0.1) is 0 Å². The molecule has 0 bridgehead atoms. The summed E-state index contributed by atoms with van der Waals surface area (Å²) < 4.78 is 0. The largest absolute Gasteiger partial charge is 0.385 e. The van der Waals surface area contributed by atoms with Gasteiger partial charge in [-0.25, -0.2) is 4.98 Å². The van der Waals surface area contributed by atoms with E-state index >= 15 is 0 Å². The molecule has 1 atom stereocenters. The summed E-state index contributed by atoms with van der Waals surface area (Å²) in [6, 6.07) is 6.62. The lowest BCUT2D eigenvalue weighted by atomic mass is 9.98. The van der Waals surface area contributed by atoms with Crippen molar-refractivity contribution in [2.75, 3.05) is 7.05 Å². The fourth-order valence-electron chi connectivity index (χ4n) is 2.55. The topological polar surface area (TPSA) is 37.3 Å². The molecule has 106 valence electrons. The Morgan fingerprint density at radius 3 is 3.00 bits per heavy atom. The maximum atomic E-state index is 4.68. The number of hydrogen-bond acceptors (Lipinski definition) is 3. The quantitative estimate of drug-likeness (QED) is 0.852. The lowest BCUT2D eigenvalue weighted by Gasteiger charge is -2.25. The van der Waals surface area contributed by atoms with E-state index in [0.29, 0.717) is 6.04 Å². The molecule has 1 aliphatic rings. The lowest BCUT2D eigenvalue weighted by molar-refractivity contribution is 0.480. The molecule has 1 N–H and O–H groups in total. The van der Waals surface area contributed by atoms with Gasteiger partial charge in [-0.2, -0.15) is 0 Å². The van der Waals surface area contributed by atoms with Crippen LogP contribution in [0.2, 0.25) is 0 Å². The summed E-state index contributed by atoms with van der Waals surface area (Å²) in [5, 5.41) is 3.61. The van der Waals surface area contributed by atoms with Gasteiger partial charge in [0, 0.05) is 30.6 Å². The molecule has 0 radical (unpaired) electrons. The molecule has 20 heavy (non-hydrogen) atoms. The Labute approximate surface area is 121 Å². The smallest absolute Gasteiger partial charge is 0.0815 e. The van der Waals surface area contributed by atoms with Crippen molar-refractivity contribution in [1.29, 1.82) is 0 Å². The number of rotatable bonds is 3. The Balaban J connectivity index is 2.42. The molecule has 2 rings (SSSR count). The number of pyridine rings is 1. The van der Waals surface area contributed by atoms with E-state index < -0.39 is 0 Å². The molecule has 2 heterocycles. The molecular weight excluding hydrogens is 246 g/mol. The molecule has 3 nitrogen and oxygen atoms in total. The first-order valence-corrected chi connectivity index (χ1v) is 7.26. The maximum Gasteiger partial charge on any atom is 0.0815 e. The van der Waals surface area contributed by atoms with Crippen LogP contribution < -0.4 is 5.32 Å². The van der Waals surface area contributed by atoms with Crippen molar-refractivity contribution in [2.24, 2.45) is 4.99 Å². The van der Waals surface area contributed by atoms with E-state index in [9.17, 15) is 0 Å². The molecule has 0 aromatic carbocycles. The first-order valence-electron chi connectivity index (χ1n) is 7.26. The zero-order valence-corrected chi connectivity index (χ0v) is 12.6. The van der Waals surface area contributed by atoms with Crippen LogP contribution in [-0.4, -0.2) is 24.3 Å². The Bertz CT molecular complexity index is 541. The monoisotopic (exact) mass is 269 g/mol. The summed E-state index contributed by atoms with van der Waals surface area (Å²) in [6.07, 6.45) is 9.58. The fourth-order valence-corrected chi connectivity index (χ4v) is 2.55. The second-order valence-electron chi connectivity index (χ2n) is 5.16. The van der Waals surface area contributed by atoms with Crippen LogP contribution in [0.4, 0.5) is 0 Å². The van der Waals surface area contributed by atoms with Crippen molar-refractivity contribution in [3.63, 3.8) is 0 Å². The maximum absolute atomic E-state index is 4.68. The molecule has 0 saturated carbocycles. The van der Waals surface area contributed by atoms with Crippen molar-refractivity contribution < 1.29 is 0 Å². The van der Waals surface area contributed by atoms with E-state index in [2.05, 4.69) is 40.4 Å². The van der Waals surface area contributed by atoms with Crippen molar-refractivity contribution >= 4 is 11.8 Å². The summed E-state index contributed by atoms with van der Waals surface area (Å²) in [7, 11) is 1.77. The molecule has 3 heteroatoms. The second kappa shape index (κ2) is 7.04. The van der Waals surface area contributed by atoms with E-state index in [4.69, 9.17) is 0 Å². The van der Waals surface area contributed by atoms with Gasteiger partial charge in [0.05, 0.1) is 11.4 Å². The summed E-state index contributed by atoms with van der Waals surface area (Å²) in [5.41, 5.74) is 4.42. The number of hydrogen-bond donors (Lipinski definition) is 1. The zero-order valence-electron chi connectivity index (χ0n) is 12.6. The molecule has 1 aliphatic heterocycles. The SMILES string of the molecule is C/C=C\C(=C1/CCCC(C)N1)c1cccc(C=NC)n1. The van der Waals surface area contributed by atoms with Crippen molar-refractivity contribution in [3.8, 4) is 0 Å². The second-order valence-corrected chi connectivity index (χ2v) is 5.16. The van der Waals surface area contributed by atoms with E-state index in [1.165, 1.54) is 24.1 Å². The molecule has 1 fully saturated rings. The van der Waals surface area contributed by atoms with Gasteiger partial charge in [-0.3, -0.25) is 4.99 Å². The fraction of sp³-hybridized carbons (Fsp3) is 0.412. The van der Waals surface area contributed by atoms with Gasteiger partial charge in [0.1, 0.15) is 0 Å². The molecule has 1 unspecified atom stereocenters. The van der Waals surface area contributed by atoms with Crippen LogP contribution in [0.1, 0.15) is 44.5 Å². The number of allylic oxidation sites excluding steroid dienone is 4. The minimum atomic E-state index is 0.541. The average Bonchev–Trinajstić information content (AvgIpc) is 2.45. The molecule has 0 aliphatic carbocycles. The Hall–Kier alpha value is -1.90. The van der Waals surface area contributed by atoms with Crippen LogP contribution in [-0.2, 0) is 0 Å². The molecule has 1 aromatic rings. The van der Waals surface area contributed by atoms with Crippen molar-refractivity contribution in [3.05, 3.63) is 47.4 Å². The summed E-state index contributed by atoms with van der Waals surface area (Å²) in [4.78, 5) is 8.72. The number of nitrogens with one attached hydrogen (secondary N) is 1. The van der Waals surface area contributed by atoms with E-state index in [1.807, 2.05) is 19.1 Å². The molecule has 1 aromatic heterocycles. The standard InChI is InChI=1S/C17H23N3/c1-4-7-15(16-10-5-8-13(2)19-16)17-11-6-9-14(20-17)12-18-3/h4,6-7,9,11-13,19H,5,8,10H2,1-3H3/b7-4-,16-15-,18-12?. The number of piperidine rings is 1. The van der Waals surface area contributed by atoms with E-state index in [1.54, 1.807) is 13.3 Å². The Kier molecular flexibility index (Phi) is 5.10. The van der Waals surface area contributed by atoms with Gasteiger partial charge in [0.15, 0.2) is 0 Å². The van der Waals surface area contributed by atoms with Gasteiger partial charge in [-0.15, -0.1) is 0 Å². The predicted molar refractivity (Wildman–Crippen MR) is 85.9 cm³/mol. The lowest BCUT2D eigenvalue weighted by Crippen LogP contribution is -2.30. The van der Waals surface area contributed by atoms with Gasteiger partial charge in [0.25, 0.3) is 0 Å². The summed E-state index contributed by atoms with van der Waals surface area (Å²) >= 11 is 0. The van der Waals surface area contributed by atoms with Crippen molar-refractivity contribution in [1.82, 2.24) is 10.3 Å². The summed E-state index contributed by atoms with van der Waals surface area (Å²) in [6.45, 7) is 4.28. The minimum Gasteiger partial charge on any atom is -0.385 e. The normalized spacial score (nSPS) is 22.2. The Morgan fingerprint density at radius 2 is 2.30 bits per heavy atom. The van der Waals surface area contributed by atoms with Crippen LogP contribution in [0.25, 0.3) is 5.57 Å². The van der Waals surface area contributed by atoms with E-state index in [-0.39, 0.29) is 0 Å². The highest BCUT2D eigenvalue weighted by Gasteiger charge is 2.15. The van der Waals surface area contributed by atoms with Gasteiger partial charge in [0.2, 0.25) is 0 Å². The first-order chi connectivity index (χ1) is 9.74. The zero-order chi connectivity index (χ0) is 14.4. The van der Waals surface area contributed by atoms with Gasteiger partial charge >= 0.3 is 0 Å². The van der Waals surface area contributed by atoms with Crippen molar-refractivity contribution in [2.45, 2.75) is 39.2 Å². The third kappa shape index (κ3) is 3.56. The van der Waals surface area contributed by atoms with Crippen LogP contribution in [0.15, 0.2) is 41.0 Å². The Morgan fingerprint density at radius 1 is 1.45 bits per heavy atom. The number of aliphatic imine (C=N–C) groups is 1. The van der Waals surface area contributed by atoms with E-state index in [0.717, 1.165) is 17.8 Å². The van der Waals surface area contributed by atoms with Gasteiger partial charge in [-0.1, -0.05) is 18.2 Å². The number of aromatic nitrogens is 1. The van der Waals surface area contributed by atoms with Crippen LogP contribution >= 0.6 is 0 Å². The minimum absolute atomic E-state index is 0.541. The third-order valence-corrected chi connectivity index (χ3v) is 3.45. The predicted octanol–water partition coefficient (Wildman–Crippen LogP) is 3.58. The van der Waals surface area contributed by atoms with Gasteiger partial charge < -0.3 is 5.32 Å². The molecule has 0 amide bonds. The molecular formula is C17H23N3.